The van der Waals surface area contributed by atoms with E-state index in [2.05, 4.69) is 43.9 Å². The van der Waals surface area contributed by atoms with E-state index in [0.29, 0.717) is 18.5 Å². The molecule has 1 aromatic heterocycles. The largest absolute Gasteiger partial charge is 0.357 e. The SMILES string of the molecule is O=C(CN1CCc2c([nH]c3ccccc23)C1)N1CCN2CCCCC2C1. The van der Waals surface area contributed by atoms with E-state index in [0.717, 1.165) is 39.1 Å². The minimum absolute atomic E-state index is 0.315. The zero-order chi connectivity index (χ0) is 17.5. The maximum Gasteiger partial charge on any atom is 0.236 e. The fourth-order valence-corrected chi connectivity index (χ4v) is 5.06. The van der Waals surface area contributed by atoms with Gasteiger partial charge in [0.2, 0.25) is 5.91 Å². The molecule has 1 unspecified atom stereocenters. The van der Waals surface area contributed by atoms with Crippen LogP contribution in [0, 0.1) is 0 Å². The third-order valence-corrected chi connectivity index (χ3v) is 6.51. The Morgan fingerprint density at radius 3 is 3.00 bits per heavy atom. The van der Waals surface area contributed by atoms with Gasteiger partial charge in [-0.3, -0.25) is 14.6 Å². The average molecular weight is 352 g/mol. The van der Waals surface area contributed by atoms with E-state index < -0.39 is 0 Å². The van der Waals surface area contributed by atoms with Crippen LogP contribution in [0.3, 0.4) is 0 Å². The van der Waals surface area contributed by atoms with Crippen molar-refractivity contribution in [2.24, 2.45) is 0 Å². The lowest BCUT2D eigenvalue weighted by Crippen LogP contribution is -2.57. The summed E-state index contributed by atoms with van der Waals surface area (Å²) in [5, 5.41) is 1.35. The summed E-state index contributed by atoms with van der Waals surface area (Å²) >= 11 is 0. The third-order valence-electron chi connectivity index (χ3n) is 6.51. The zero-order valence-electron chi connectivity index (χ0n) is 15.4. The number of H-pyrrole nitrogens is 1. The number of benzene rings is 1. The first-order valence-electron chi connectivity index (χ1n) is 10.1. The molecule has 1 amide bonds. The lowest BCUT2D eigenvalue weighted by molar-refractivity contribution is -0.136. The molecule has 2 aromatic rings. The molecule has 2 fully saturated rings. The van der Waals surface area contributed by atoms with E-state index in [1.165, 1.54) is 48.0 Å². The molecule has 0 saturated carbocycles. The van der Waals surface area contributed by atoms with Crippen LogP contribution in [0.4, 0.5) is 0 Å². The van der Waals surface area contributed by atoms with Crippen LogP contribution >= 0.6 is 0 Å². The predicted octanol–water partition coefficient (Wildman–Crippen LogP) is 2.22. The normalized spacial score (nSPS) is 24.5. The number of nitrogens with zero attached hydrogens (tertiary/aromatic N) is 3. The number of amides is 1. The van der Waals surface area contributed by atoms with Gasteiger partial charge in [0, 0.05) is 55.4 Å². The third kappa shape index (κ3) is 2.93. The van der Waals surface area contributed by atoms with Crippen molar-refractivity contribution < 1.29 is 4.79 Å². The Kier molecular flexibility index (Phi) is 4.21. The number of piperazine rings is 1. The van der Waals surface area contributed by atoms with Gasteiger partial charge in [-0.05, 0) is 37.4 Å². The molecule has 0 spiro atoms. The summed E-state index contributed by atoms with van der Waals surface area (Å²) in [7, 11) is 0. The summed E-state index contributed by atoms with van der Waals surface area (Å²) < 4.78 is 0. The molecule has 4 heterocycles. The topological polar surface area (TPSA) is 42.6 Å². The van der Waals surface area contributed by atoms with E-state index in [1.807, 2.05) is 0 Å². The van der Waals surface area contributed by atoms with Gasteiger partial charge in [0.25, 0.3) is 0 Å². The highest BCUT2D eigenvalue weighted by atomic mass is 16.2. The fraction of sp³-hybridized carbons (Fsp3) is 0.571. The number of nitrogens with one attached hydrogen (secondary N) is 1. The second-order valence-electron chi connectivity index (χ2n) is 8.11. The minimum Gasteiger partial charge on any atom is -0.357 e. The van der Waals surface area contributed by atoms with Crippen LogP contribution in [0.1, 0.15) is 30.5 Å². The van der Waals surface area contributed by atoms with Gasteiger partial charge in [-0.2, -0.15) is 0 Å². The van der Waals surface area contributed by atoms with E-state index >= 15 is 0 Å². The van der Waals surface area contributed by atoms with E-state index in [9.17, 15) is 4.79 Å². The summed E-state index contributed by atoms with van der Waals surface area (Å²) in [6.45, 7) is 6.51. The van der Waals surface area contributed by atoms with Gasteiger partial charge in [0.1, 0.15) is 0 Å². The number of carbonyl (C=O) groups is 1. The van der Waals surface area contributed by atoms with Crippen LogP contribution in [0.15, 0.2) is 24.3 Å². The summed E-state index contributed by atoms with van der Waals surface area (Å²) in [6, 6.07) is 9.14. The molecule has 26 heavy (non-hydrogen) atoms. The van der Waals surface area contributed by atoms with Crippen molar-refractivity contribution in [2.45, 2.75) is 38.3 Å². The van der Waals surface area contributed by atoms with Crippen molar-refractivity contribution in [1.29, 1.82) is 0 Å². The molecule has 0 radical (unpaired) electrons. The maximum absolute atomic E-state index is 12.9. The number of hydrogen-bond donors (Lipinski definition) is 1. The standard InChI is InChI=1S/C21H28N4O/c26-21(25-12-11-24-9-4-3-5-16(24)13-25)15-23-10-8-18-17-6-1-2-7-19(17)22-20(18)14-23/h1-2,6-7,16,22H,3-5,8-15H2. The smallest absolute Gasteiger partial charge is 0.236 e. The van der Waals surface area contributed by atoms with E-state index in [4.69, 9.17) is 0 Å². The van der Waals surface area contributed by atoms with Gasteiger partial charge >= 0.3 is 0 Å². The van der Waals surface area contributed by atoms with Crippen molar-refractivity contribution in [3.05, 3.63) is 35.5 Å². The summed E-state index contributed by atoms with van der Waals surface area (Å²) in [4.78, 5) is 23.5. The summed E-state index contributed by atoms with van der Waals surface area (Å²) in [5.74, 6) is 0.315. The predicted molar refractivity (Wildman–Crippen MR) is 103 cm³/mol. The highest BCUT2D eigenvalue weighted by molar-refractivity contribution is 5.85. The number of para-hydroxylation sites is 1. The summed E-state index contributed by atoms with van der Waals surface area (Å²) in [5.41, 5.74) is 3.96. The van der Waals surface area contributed by atoms with Gasteiger partial charge in [-0.1, -0.05) is 24.6 Å². The van der Waals surface area contributed by atoms with Gasteiger partial charge in [-0.15, -0.1) is 0 Å². The van der Waals surface area contributed by atoms with Gasteiger partial charge < -0.3 is 9.88 Å². The monoisotopic (exact) mass is 352 g/mol. The van der Waals surface area contributed by atoms with Crippen LogP contribution < -0.4 is 0 Å². The fourth-order valence-electron chi connectivity index (χ4n) is 5.06. The Morgan fingerprint density at radius 1 is 1.12 bits per heavy atom. The highest BCUT2D eigenvalue weighted by Gasteiger charge is 2.32. The molecule has 5 nitrogen and oxygen atoms in total. The molecule has 0 aliphatic carbocycles. The van der Waals surface area contributed by atoms with E-state index in [1.54, 1.807) is 0 Å². The average Bonchev–Trinajstić information content (AvgIpc) is 3.05. The molecular formula is C21H28N4O. The number of aromatic amines is 1. The molecule has 1 N–H and O–H groups in total. The number of rotatable bonds is 2. The molecule has 0 bridgehead atoms. The van der Waals surface area contributed by atoms with Gasteiger partial charge in [0.15, 0.2) is 0 Å². The molecule has 2 saturated heterocycles. The molecule has 5 heteroatoms. The number of hydrogen-bond acceptors (Lipinski definition) is 3. The number of fused-ring (bicyclic) bond motifs is 4. The lowest BCUT2D eigenvalue weighted by Gasteiger charge is -2.44. The molecule has 1 atom stereocenters. The second kappa shape index (κ2) is 6.71. The molecule has 3 aliphatic rings. The van der Waals surface area contributed by atoms with Gasteiger partial charge in [0.05, 0.1) is 6.54 Å². The van der Waals surface area contributed by atoms with Crippen molar-refractivity contribution in [1.82, 2.24) is 19.7 Å². The van der Waals surface area contributed by atoms with Crippen molar-refractivity contribution in [2.75, 3.05) is 39.3 Å². The first-order chi connectivity index (χ1) is 12.8. The highest BCUT2D eigenvalue weighted by Crippen LogP contribution is 2.27. The van der Waals surface area contributed by atoms with Crippen LogP contribution in [0.2, 0.25) is 0 Å². The van der Waals surface area contributed by atoms with Crippen LogP contribution in [0.5, 0.6) is 0 Å². The van der Waals surface area contributed by atoms with Crippen molar-refractivity contribution in [3.63, 3.8) is 0 Å². The Morgan fingerprint density at radius 2 is 2.04 bits per heavy atom. The number of piperidine rings is 1. The van der Waals surface area contributed by atoms with Crippen LogP contribution in [0.25, 0.3) is 10.9 Å². The number of aromatic nitrogens is 1. The Labute approximate surface area is 154 Å². The first kappa shape index (κ1) is 16.3. The first-order valence-corrected chi connectivity index (χ1v) is 10.1. The van der Waals surface area contributed by atoms with Crippen LogP contribution in [-0.2, 0) is 17.8 Å². The van der Waals surface area contributed by atoms with Crippen molar-refractivity contribution >= 4 is 16.8 Å². The zero-order valence-corrected chi connectivity index (χ0v) is 15.4. The molecular weight excluding hydrogens is 324 g/mol. The Bertz CT molecular complexity index is 813. The second-order valence-corrected chi connectivity index (χ2v) is 8.11. The number of carbonyl (C=O) groups excluding carboxylic acids is 1. The Hall–Kier alpha value is -1.85. The molecule has 1 aromatic carbocycles. The molecule has 3 aliphatic heterocycles. The quantitative estimate of drug-likeness (QED) is 0.901. The minimum atomic E-state index is 0.315. The lowest BCUT2D eigenvalue weighted by atomic mass is 9.99. The van der Waals surface area contributed by atoms with Crippen molar-refractivity contribution in [3.8, 4) is 0 Å². The molecule has 5 rings (SSSR count). The van der Waals surface area contributed by atoms with E-state index in [-0.39, 0.29) is 0 Å². The summed E-state index contributed by atoms with van der Waals surface area (Å²) in [6.07, 6.45) is 4.93. The Balaban J connectivity index is 1.23. The van der Waals surface area contributed by atoms with Crippen LogP contribution in [-0.4, -0.2) is 70.9 Å². The molecule has 138 valence electrons. The maximum atomic E-state index is 12.9. The van der Waals surface area contributed by atoms with Gasteiger partial charge in [-0.25, -0.2) is 0 Å².